The standard InChI is InChI=1S/C49H49N3O/c1-27(2)41-26-51-34(9)24-40-39-21-28(3)13-16-36(39)44-22-31(6)33(8)25-52(44)43(40)20-15-35-14-17-37-38-18-19-42(46-29(4)11-10-12-30(46)5)50-49(38)53-48(37)47(35)45(51)23-32(41)7/h10-14,16-19,21-23,25-27,40,43H,9,15,20,24H2,1-8H3/q+2. The quantitative estimate of drug-likeness (QED) is 0.169. The third-order valence-electron chi connectivity index (χ3n) is 12.3. The number of allylic oxidation sites excluding steroid dienone is 1. The Morgan fingerprint density at radius 1 is 0.755 bits per heavy atom. The number of nitrogens with zero attached hydrogens (tertiary/aromatic N) is 3. The van der Waals surface area contributed by atoms with E-state index in [9.17, 15) is 0 Å². The molecule has 0 aliphatic carbocycles. The van der Waals surface area contributed by atoms with E-state index in [2.05, 4.69) is 150 Å². The molecule has 6 heterocycles. The van der Waals surface area contributed by atoms with Gasteiger partial charge in [-0.3, -0.25) is 0 Å². The summed E-state index contributed by atoms with van der Waals surface area (Å²) in [7, 11) is 0. The number of hydrogen-bond acceptors (Lipinski definition) is 2. The Balaban J connectivity index is 1.29. The summed E-state index contributed by atoms with van der Waals surface area (Å²) in [6.45, 7) is 22.8. The van der Waals surface area contributed by atoms with Crippen LogP contribution in [0.25, 0.3) is 61.5 Å². The van der Waals surface area contributed by atoms with Gasteiger partial charge in [-0.2, -0.15) is 9.13 Å². The van der Waals surface area contributed by atoms with Gasteiger partial charge in [0.2, 0.25) is 17.1 Å². The van der Waals surface area contributed by atoms with E-state index in [1.165, 1.54) is 66.9 Å². The number of aryl methyl sites for hydroxylation is 7. The maximum absolute atomic E-state index is 6.96. The maximum Gasteiger partial charge on any atom is 0.227 e. The van der Waals surface area contributed by atoms with Crippen LogP contribution in [0.1, 0.15) is 94.6 Å². The van der Waals surface area contributed by atoms with E-state index in [0.29, 0.717) is 11.6 Å². The third kappa shape index (κ3) is 5.29. The Labute approximate surface area is 313 Å². The lowest BCUT2D eigenvalue weighted by atomic mass is 9.76. The van der Waals surface area contributed by atoms with Gasteiger partial charge in [-0.15, -0.1) is 0 Å². The van der Waals surface area contributed by atoms with Crippen molar-refractivity contribution >= 4 is 27.8 Å². The molecule has 9 rings (SSSR count). The van der Waals surface area contributed by atoms with Gasteiger partial charge in [0.25, 0.3) is 0 Å². The summed E-state index contributed by atoms with van der Waals surface area (Å²) >= 11 is 0. The van der Waals surface area contributed by atoms with E-state index in [4.69, 9.17) is 16.0 Å². The number of hydrogen-bond donors (Lipinski definition) is 0. The van der Waals surface area contributed by atoms with Crippen LogP contribution >= 0.6 is 0 Å². The second-order valence-electron chi connectivity index (χ2n) is 16.2. The molecular weight excluding hydrogens is 647 g/mol. The van der Waals surface area contributed by atoms with Gasteiger partial charge >= 0.3 is 0 Å². The van der Waals surface area contributed by atoms with Crippen molar-refractivity contribution in [3.05, 3.63) is 142 Å². The number of pyridine rings is 3. The van der Waals surface area contributed by atoms with Crippen LogP contribution in [-0.2, 0) is 6.42 Å². The Morgan fingerprint density at radius 2 is 1.51 bits per heavy atom. The van der Waals surface area contributed by atoms with Crippen LogP contribution in [0.4, 0.5) is 0 Å². The number of furan rings is 1. The first-order chi connectivity index (χ1) is 25.5. The van der Waals surface area contributed by atoms with Crippen LogP contribution in [0.2, 0.25) is 0 Å². The van der Waals surface area contributed by atoms with Crippen molar-refractivity contribution in [2.75, 3.05) is 0 Å². The van der Waals surface area contributed by atoms with E-state index in [1.54, 1.807) is 0 Å². The smallest absolute Gasteiger partial charge is 0.227 e. The first-order valence-corrected chi connectivity index (χ1v) is 19.3. The summed E-state index contributed by atoms with van der Waals surface area (Å²) < 4.78 is 12.0. The molecule has 2 unspecified atom stereocenters. The van der Waals surface area contributed by atoms with Crippen molar-refractivity contribution < 1.29 is 13.6 Å². The molecule has 0 radical (unpaired) electrons. The lowest BCUT2D eigenvalue weighted by Gasteiger charge is -2.32. The molecule has 2 aliphatic rings. The van der Waals surface area contributed by atoms with Gasteiger partial charge in [0.15, 0.2) is 29.7 Å². The van der Waals surface area contributed by atoms with Crippen LogP contribution in [-0.4, -0.2) is 4.98 Å². The monoisotopic (exact) mass is 695 g/mol. The molecule has 0 amide bonds. The molecule has 53 heavy (non-hydrogen) atoms. The molecule has 3 aromatic carbocycles. The fraction of sp³-hybridized carbons (Fsp3) is 0.286. The second-order valence-corrected chi connectivity index (χ2v) is 16.2. The van der Waals surface area contributed by atoms with Gasteiger partial charge in [0.1, 0.15) is 0 Å². The Bertz CT molecular complexity index is 2650. The Hall–Kier alpha value is -5.35. The van der Waals surface area contributed by atoms with Crippen molar-refractivity contribution in [1.29, 1.82) is 0 Å². The molecule has 0 saturated heterocycles. The van der Waals surface area contributed by atoms with Gasteiger partial charge in [-0.1, -0.05) is 61.9 Å². The summed E-state index contributed by atoms with van der Waals surface area (Å²) in [5, 5.41) is 2.15. The molecule has 4 aromatic heterocycles. The van der Waals surface area contributed by atoms with Gasteiger partial charge in [0.05, 0.1) is 17.2 Å². The summed E-state index contributed by atoms with van der Waals surface area (Å²) in [6.07, 6.45) is 7.55. The fourth-order valence-corrected chi connectivity index (χ4v) is 9.47. The number of rotatable bonds is 2. The highest BCUT2D eigenvalue weighted by molar-refractivity contribution is 6.09. The summed E-state index contributed by atoms with van der Waals surface area (Å²) in [6, 6.07) is 27.5. The first-order valence-electron chi connectivity index (χ1n) is 19.3. The molecule has 2 aliphatic heterocycles. The normalized spacial score (nSPS) is 16.7. The van der Waals surface area contributed by atoms with E-state index in [1.807, 2.05) is 0 Å². The van der Waals surface area contributed by atoms with E-state index in [0.717, 1.165) is 58.3 Å². The molecule has 2 atom stereocenters. The van der Waals surface area contributed by atoms with Gasteiger partial charge in [0, 0.05) is 58.0 Å². The molecule has 0 spiro atoms. The molecule has 0 bridgehead atoms. The highest BCUT2D eigenvalue weighted by Crippen LogP contribution is 2.46. The zero-order chi connectivity index (χ0) is 36.9. The van der Waals surface area contributed by atoms with Crippen LogP contribution in [0.15, 0.2) is 96.2 Å². The Kier molecular flexibility index (Phi) is 7.82. The fourth-order valence-electron chi connectivity index (χ4n) is 9.47. The minimum atomic E-state index is 0.272. The lowest BCUT2D eigenvalue weighted by Crippen LogP contribution is -2.49. The van der Waals surface area contributed by atoms with Crippen molar-refractivity contribution in [2.24, 2.45) is 0 Å². The van der Waals surface area contributed by atoms with E-state index >= 15 is 0 Å². The summed E-state index contributed by atoms with van der Waals surface area (Å²) in [5.74, 6) is 0.662. The minimum Gasteiger partial charge on any atom is -0.437 e. The molecule has 7 aromatic rings. The number of fused-ring (bicyclic) bond motifs is 13. The molecule has 4 nitrogen and oxygen atoms in total. The van der Waals surface area contributed by atoms with Gasteiger partial charge < -0.3 is 4.42 Å². The molecule has 264 valence electrons. The maximum atomic E-state index is 6.96. The minimum absolute atomic E-state index is 0.272. The molecular formula is C49H49N3O+2. The molecule has 0 fully saturated rings. The van der Waals surface area contributed by atoms with Crippen molar-refractivity contribution in [3.63, 3.8) is 0 Å². The van der Waals surface area contributed by atoms with E-state index in [-0.39, 0.29) is 12.0 Å². The molecule has 0 saturated carbocycles. The lowest BCUT2D eigenvalue weighted by molar-refractivity contribution is -0.719. The molecule has 0 N–H and O–H groups in total. The van der Waals surface area contributed by atoms with Crippen molar-refractivity contribution in [2.45, 2.75) is 92.5 Å². The zero-order valence-electron chi connectivity index (χ0n) is 32.4. The highest BCUT2D eigenvalue weighted by atomic mass is 16.3. The van der Waals surface area contributed by atoms with Crippen LogP contribution in [0, 0.1) is 41.5 Å². The average molecular weight is 696 g/mol. The van der Waals surface area contributed by atoms with Crippen LogP contribution in [0.5, 0.6) is 0 Å². The topological polar surface area (TPSA) is 33.8 Å². The van der Waals surface area contributed by atoms with E-state index < -0.39 is 0 Å². The first kappa shape index (κ1) is 33.5. The average Bonchev–Trinajstić information content (AvgIpc) is 3.49. The van der Waals surface area contributed by atoms with Crippen LogP contribution < -0.4 is 9.13 Å². The third-order valence-corrected chi connectivity index (χ3v) is 12.3. The summed E-state index contributed by atoms with van der Waals surface area (Å²) in [4.78, 5) is 5.18. The SMILES string of the molecule is C=C1CC2c3cc(C)ccc3-c3cc(C)c(C)c[n+]3C2CCc2ccc3c(oc4nc(-c5c(C)cccc5C)ccc43)c2-c2cc(C)c(C(C)C)c[n+]21. The number of benzene rings is 3. The van der Waals surface area contributed by atoms with Crippen LogP contribution in [0.3, 0.4) is 0 Å². The zero-order valence-corrected chi connectivity index (χ0v) is 32.4. The largest absolute Gasteiger partial charge is 0.437 e. The number of aromatic nitrogens is 3. The van der Waals surface area contributed by atoms with Gasteiger partial charge in [-0.25, -0.2) is 4.98 Å². The predicted molar refractivity (Wildman–Crippen MR) is 217 cm³/mol. The van der Waals surface area contributed by atoms with Crippen molar-refractivity contribution in [1.82, 2.24) is 4.98 Å². The second kappa shape index (κ2) is 12.4. The highest BCUT2D eigenvalue weighted by Gasteiger charge is 2.43. The Morgan fingerprint density at radius 3 is 2.28 bits per heavy atom. The predicted octanol–water partition coefficient (Wildman–Crippen LogP) is 11.7. The van der Waals surface area contributed by atoms with Crippen molar-refractivity contribution in [3.8, 4) is 33.8 Å². The van der Waals surface area contributed by atoms with Gasteiger partial charge in [-0.05, 0) is 112 Å². The summed E-state index contributed by atoms with van der Waals surface area (Å²) in [5.41, 5.74) is 21.5. The molecule has 4 heteroatoms.